The molecule has 0 aliphatic carbocycles. The van der Waals surface area contributed by atoms with Gasteiger partial charge in [0.25, 0.3) is 0 Å². The van der Waals surface area contributed by atoms with Gasteiger partial charge in [-0.25, -0.2) is 24.7 Å². The molecule has 0 spiro atoms. The van der Waals surface area contributed by atoms with Gasteiger partial charge in [-0.3, -0.25) is 4.57 Å². The summed E-state index contributed by atoms with van der Waals surface area (Å²) < 4.78 is 47.4. The standard InChI is InChI=1S/C26H23F3N8O2/c1-36-13-20(26(27,28)29)34-23(36)16-6-4-15(5-7-16)12-37-24-19(33-25(37)38)11-31-22(35-24)18-3-2-9-30-21(18)32-17-8-10-39-14-17/h2-7,9,11,13,17H,8,10,12,14H2,1H3,(H,30,32)(H,33,38)/t17-/m0/s1. The van der Waals surface area contributed by atoms with E-state index in [0.29, 0.717) is 47.1 Å². The molecule has 0 amide bonds. The molecule has 1 saturated heterocycles. The summed E-state index contributed by atoms with van der Waals surface area (Å²) in [5.41, 5.74) is 1.58. The van der Waals surface area contributed by atoms with Crippen LogP contribution >= 0.6 is 0 Å². The van der Waals surface area contributed by atoms with Crippen LogP contribution < -0.4 is 11.0 Å². The van der Waals surface area contributed by atoms with Crippen LogP contribution in [0.15, 0.2) is 59.8 Å². The number of pyridine rings is 1. The van der Waals surface area contributed by atoms with Crippen LogP contribution in [-0.4, -0.2) is 53.3 Å². The summed E-state index contributed by atoms with van der Waals surface area (Å²) in [6, 6.07) is 10.7. The van der Waals surface area contributed by atoms with Crippen molar-refractivity contribution in [3.8, 4) is 22.8 Å². The Balaban J connectivity index is 1.30. The number of ether oxygens (including phenoxy) is 1. The molecular formula is C26H23F3N8O2. The number of nitrogens with one attached hydrogen (secondary N) is 2. The molecule has 1 atom stereocenters. The van der Waals surface area contributed by atoms with Gasteiger partial charge in [-0.15, -0.1) is 0 Å². The van der Waals surface area contributed by atoms with E-state index < -0.39 is 11.9 Å². The van der Waals surface area contributed by atoms with Gasteiger partial charge in [0.1, 0.15) is 17.2 Å². The van der Waals surface area contributed by atoms with Gasteiger partial charge in [0.15, 0.2) is 17.2 Å². The maximum Gasteiger partial charge on any atom is 0.434 e. The molecule has 0 unspecified atom stereocenters. The number of hydrogen-bond donors (Lipinski definition) is 2. The molecule has 4 aromatic heterocycles. The van der Waals surface area contributed by atoms with Crippen LogP contribution in [-0.2, 0) is 24.5 Å². The number of H-pyrrole nitrogens is 1. The lowest BCUT2D eigenvalue weighted by atomic mass is 10.1. The number of benzene rings is 1. The maximum atomic E-state index is 13.1. The number of rotatable bonds is 6. The average molecular weight is 537 g/mol. The fourth-order valence-corrected chi connectivity index (χ4v) is 4.58. The van der Waals surface area contributed by atoms with E-state index in [2.05, 4.69) is 30.2 Å². The summed E-state index contributed by atoms with van der Waals surface area (Å²) >= 11 is 0. The third-order valence-corrected chi connectivity index (χ3v) is 6.55. The first-order chi connectivity index (χ1) is 18.8. The predicted octanol–water partition coefficient (Wildman–Crippen LogP) is 3.85. The minimum atomic E-state index is -4.52. The molecule has 10 nitrogen and oxygen atoms in total. The van der Waals surface area contributed by atoms with Crippen molar-refractivity contribution in [3.05, 3.63) is 76.7 Å². The Bertz CT molecular complexity index is 1700. The smallest absolute Gasteiger partial charge is 0.379 e. The normalized spacial score (nSPS) is 15.7. The number of anilines is 1. The molecule has 5 aromatic rings. The number of alkyl halides is 3. The molecule has 6 rings (SSSR count). The van der Waals surface area contributed by atoms with Crippen LogP contribution in [0.1, 0.15) is 17.7 Å². The molecule has 2 N–H and O–H groups in total. The van der Waals surface area contributed by atoms with Crippen LogP contribution in [0, 0.1) is 0 Å². The van der Waals surface area contributed by atoms with Crippen LogP contribution in [0.4, 0.5) is 19.0 Å². The van der Waals surface area contributed by atoms with Crippen molar-refractivity contribution in [1.29, 1.82) is 0 Å². The summed E-state index contributed by atoms with van der Waals surface area (Å²) in [4.78, 5) is 32.9. The van der Waals surface area contributed by atoms with E-state index in [9.17, 15) is 18.0 Å². The van der Waals surface area contributed by atoms with Gasteiger partial charge >= 0.3 is 11.9 Å². The molecule has 1 aliphatic heterocycles. The second-order valence-electron chi connectivity index (χ2n) is 9.31. The van der Waals surface area contributed by atoms with Gasteiger partial charge in [-0.1, -0.05) is 24.3 Å². The van der Waals surface area contributed by atoms with Crippen molar-refractivity contribution in [2.75, 3.05) is 18.5 Å². The van der Waals surface area contributed by atoms with Gasteiger partial charge in [0.2, 0.25) is 0 Å². The first kappa shape index (κ1) is 24.8. The highest BCUT2D eigenvalue weighted by atomic mass is 19.4. The molecule has 39 heavy (non-hydrogen) atoms. The van der Waals surface area contributed by atoms with Crippen molar-refractivity contribution < 1.29 is 17.9 Å². The van der Waals surface area contributed by atoms with Crippen molar-refractivity contribution in [2.24, 2.45) is 7.05 Å². The largest absolute Gasteiger partial charge is 0.434 e. The summed E-state index contributed by atoms with van der Waals surface area (Å²) in [7, 11) is 1.51. The van der Waals surface area contributed by atoms with Gasteiger partial charge in [0, 0.05) is 31.6 Å². The van der Waals surface area contributed by atoms with Gasteiger partial charge in [0.05, 0.1) is 31.0 Å². The molecule has 1 fully saturated rings. The molecule has 1 aliphatic rings. The third kappa shape index (κ3) is 4.88. The second-order valence-corrected chi connectivity index (χ2v) is 9.31. The first-order valence-corrected chi connectivity index (χ1v) is 12.2. The summed E-state index contributed by atoms with van der Waals surface area (Å²) in [5.74, 6) is 1.24. The van der Waals surface area contributed by atoms with E-state index in [4.69, 9.17) is 4.74 Å². The molecule has 0 bridgehead atoms. The number of halogens is 3. The van der Waals surface area contributed by atoms with Crippen molar-refractivity contribution in [2.45, 2.75) is 25.2 Å². The fraction of sp³-hybridized carbons (Fsp3) is 0.269. The van der Waals surface area contributed by atoms with Crippen LogP contribution in [0.3, 0.4) is 0 Å². The van der Waals surface area contributed by atoms with E-state index in [1.807, 2.05) is 6.07 Å². The Morgan fingerprint density at radius 1 is 1.15 bits per heavy atom. The monoisotopic (exact) mass is 536 g/mol. The third-order valence-electron chi connectivity index (χ3n) is 6.55. The number of fused-ring (bicyclic) bond motifs is 1. The summed E-state index contributed by atoms with van der Waals surface area (Å²) in [6.45, 7) is 1.48. The lowest BCUT2D eigenvalue weighted by Crippen LogP contribution is -2.20. The number of hydrogen-bond acceptors (Lipinski definition) is 7. The van der Waals surface area contributed by atoms with Crippen LogP contribution in [0.5, 0.6) is 0 Å². The minimum absolute atomic E-state index is 0.140. The maximum absolute atomic E-state index is 13.1. The molecular weight excluding hydrogens is 513 g/mol. The van der Waals surface area contributed by atoms with Crippen molar-refractivity contribution in [3.63, 3.8) is 0 Å². The Hall–Kier alpha value is -4.52. The Morgan fingerprint density at radius 2 is 1.97 bits per heavy atom. The quantitative estimate of drug-likeness (QED) is 0.339. The zero-order valence-corrected chi connectivity index (χ0v) is 20.7. The van der Waals surface area contributed by atoms with E-state index in [1.165, 1.54) is 16.2 Å². The molecule has 1 aromatic carbocycles. The Morgan fingerprint density at radius 3 is 2.69 bits per heavy atom. The topological polar surface area (TPSA) is 116 Å². The Labute approximate surface area is 219 Å². The SMILES string of the molecule is Cn1cc(C(F)(F)F)nc1-c1ccc(Cn2c(=O)[nH]c3cnc(-c4cccnc4N[C@H]4CCOC4)nc32)cc1. The molecule has 200 valence electrons. The van der Waals surface area contributed by atoms with Crippen LogP contribution in [0.2, 0.25) is 0 Å². The lowest BCUT2D eigenvalue weighted by molar-refractivity contribution is -0.140. The summed E-state index contributed by atoms with van der Waals surface area (Å²) in [6.07, 6.45) is 0.551. The van der Waals surface area contributed by atoms with E-state index >= 15 is 0 Å². The van der Waals surface area contributed by atoms with Gasteiger partial charge < -0.3 is 19.6 Å². The van der Waals surface area contributed by atoms with Gasteiger partial charge in [-0.05, 0) is 24.1 Å². The zero-order valence-electron chi connectivity index (χ0n) is 20.7. The zero-order chi connectivity index (χ0) is 27.1. The van der Waals surface area contributed by atoms with Crippen molar-refractivity contribution in [1.82, 2.24) is 34.1 Å². The Kier molecular flexibility index (Phi) is 6.14. The first-order valence-electron chi connectivity index (χ1n) is 12.2. The fourth-order valence-electron chi connectivity index (χ4n) is 4.58. The molecule has 0 radical (unpaired) electrons. The van der Waals surface area contributed by atoms with Crippen LogP contribution in [0.25, 0.3) is 33.9 Å². The summed E-state index contributed by atoms with van der Waals surface area (Å²) in [5, 5.41) is 3.39. The van der Waals surface area contributed by atoms with E-state index in [0.717, 1.165) is 18.2 Å². The highest BCUT2D eigenvalue weighted by Gasteiger charge is 2.34. The van der Waals surface area contributed by atoms with E-state index in [-0.39, 0.29) is 24.1 Å². The number of aromatic amines is 1. The molecule has 5 heterocycles. The predicted molar refractivity (Wildman–Crippen MR) is 137 cm³/mol. The number of aryl methyl sites for hydroxylation is 1. The highest BCUT2D eigenvalue weighted by molar-refractivity contribution is 5.76. The van der Waals surface area contributed by atoms with E-state index in [1.54, 1.807) is 42.7 Å². The number of nitrogens with zero attached hydrogens (tertiary/aromatic N) is 6. The molecule has 13 heteroatoms. The highest BCUT2D eigenvalue weighted by Crippen LogP contribution is 2.31. The number of aromatic nitrogens is 7. The second kappa shape index (κ2) is 9.66. The number of imidazole rings is 2. The minimum Gasteiger partial charge on any atom is -0.379 e. The molecule has 0 saturated carbocycles. The van der Waals surface area contributed by atoms with Crippen molar-refractivity contribution >= 4 is 17.0 Å². The van der Waals surface area contributed by atoms with Gasteiger partial charge in [-0.2, -0.15) is 13.2 Å². The lowest BCUT2D eigenvalue weighted by Gasteiger charge is -2.14. The average Bonchev–Trinajstić information content (AvgIpc) is 3.64.